The highest BCUT2D eigenvalue weighted by molar-refractivity contribution is 6.12. The number of pyridine rings is 1. The molecule has 9 heteroatoms. The van der Waals surface area contributed by atoms with Crippen LogP contribution in [0.1, 0.15) is 28.8 Å². The van der Waals surface area contributed by atoms with Crippen LogP contribution in [0.2, 0.25) is 0 Å². The van der Waals surface area contributed by atoms with Crippen LogP contribution in [0.3, 0.4) is 0 Å². The van der Waals surface area contributed by atoms with Crippen LogP contribution in [0.25, 0.3) is 5.65 Å². The van der Waals surface area contributed by atoms with Gasteiger partial charge in [0.2, 0.25) is 0 Å². The summed E-state index contributed by atoms with van der Waals surface area (Å²) in [7, 11) is 0. The van der Waals surface area contributed by atoms with Crippen LogP contribution in [0.15, 0.2) is 30.9 Å². The molecule has 1 fully saturated rings. The summed E-state index contributed by atoms with van der Waals surface area (Å²) < 4.78 is 1.43. The standard InChI is InChI=1S/C18H18N8O/c19-5-3-12-9-22-17-15(16(20)24-26(17)11-12)18(27)23-13-10-21-6-4-14(13)25-7-1-2-8-25/h4,6,9-11H,1-3,7-8H2,(H2,20,24)(H,23,27). The van der Waals surface area contributed by atoms with E-state index in [2.05, 4.69) is 31.4 Å². The summed E-state index contributed by atoms with van der Waals surface area (Å²) in [5, 5.41) is 15.9. The maximum Gasteiger partial charge on any atom is 0.263 e. The van der Waals surface area contributed by atoms with Gasteiger partial charge in [-0.05, 0) is 18.9 Å². The average Bonchev–Trinajstić information content (AvgIpc) is 3.29. The molecular formula is C18H18N8O. The van der Waals surface area contributed by atoms with Gasteiger partial charge in [-0.15, -0.1) is 5.10 Å². The van der Waals surface area contributed by atoms with Crippen molar-refractivity contribution in [2.24, 2.45) is 0 Å². The second kappa shape index (κ2) is 6.92. The van der Waals surface area contributed by atoms with Crippen LogP contribution < -0.4 is 16.0 Å². The molecule has 9 nitrogen and oxygen atoms in total. The van der Waals surface area contributed by atoms with E-state index in [4.69, 9.17) is 11.0 Å². The molecule has 0 atom stereocenters. The van der Waals surface area contributed by atoms with Crippen molar-refractivity contribution in [3.05, 3.63) is 42.0 Å². The summed E-state index contributed by atoms with van der Waals surface area (Å²) in [5.74, 6) is -0.308. The first-order valence-corrected chi connectivity index (χ1v) is 8.67. The molecule has 0 aromatic carbocycles. The second-order valence-electron chi connectivity index (χ2n) is 6.37. The molecule has 27 heavy (non-hydrogen) atoms. The van der Waals surface area contributed by atoms with Crippen LogP contribution >= 0.6 is 0 Å². The first-order valence-electron chi connectivity index (χ1n) is 8.67. The highest BCUT2D eigenvalue weighted by Gasteiger charge is 2.22. The minimum absolute atomic E-state index is 0.0840. The maximum atomic E-state index is 12.9. The smallest absolute Gasteiger partial charge is 0.263 e. The van der Waals surface area contributed by atoms with Gasteiger partial charge < -0.3 is 16.0 Å². The van der Waals surface area contributed by atoms with Crippen molar-refractivity contribution in [1.82, 2.24) is 19.6 Å². The van der Waals surface area contributed by atoms with Gasteiger partial charge in [0, 0.05) is 37.2 Å². The topological polar surface area (TPSA) is 125 Å². The fourth-order valence-electron chi connectivity index (χ4n) is 3.29. The fourth-order valence-corrected chi connectivity index (χ4v) is 3.29. The van der Waals surface area contributed by atoms with Crippen molar-refractivity contribution in [3.63, 3.8) is 0 Å². The van der Waals surface area contributed by atoms with Crippen molar-refractivity contribution >= 4 is 28.7 Å². The van der Waals surface area contributed by atoms with E-state index < -0.39 is 5.91 Å². The number of amides is 1. The number of fused-ring (bicyclic) bond motifs is 1. The minimum atomic E-state index is -0.392. The summed E-state index contributed by atoms with van der Waals surface area (Å²) in [4.78, 5) is 23.5. The number of nitrogens with zero attached hydrogens (tertiary/aromatic N) is 6. The highest BCUT2D eigenvalue weighted by Crippen LogP contribution is 2.29. The number of nitrogens with two attached hydrogens (primary N) is 1. The third-order valence-corrected chi connectivity index (χ3v) is 4.56. The van der Waals surface area contributed by atoms with Gasteiger partial charge in [0.15, 0.2) is 11.5 Å². The van der Waals surface area contributed by atoms with Crippen LogP contribution in [-0.4, -0.2) is 38.6 Å². The van der Waals surface area contributed by atoms with Gasteiger partial charge in [-0.3, -0.25) is 9.78 Å². The Morgan fingerprint density at radius 2 is 2.15 bits per heavy atom. The molecule has 0 bridgehead atoms. The minimum Gasteiger partial charge on any atom is -0.381 e. The van der Waals surface area contributed by atoms with Gasteiger partial charge in [0.1, 0.15) is 5.56 Å². The zero-order valence-electron chi connectivity index (χ0n) is 14.6. The Kier molecular flexibility index (Phi) is 4.30. The quantitative estimate of drug-likeness (QED) is 0.722. The fraction of sp³-hybridized carbons (Fsp3) is 0.278. The largest absolute Gasteiger partial charge is 0.381 e. The van der Waals surface area contributed by atoms with Gasteiger partial charge in [0.25, 0.3) is 5.91 Å². The number of rotatable bonds is 4. The summed E-state index contributed by atoms with van der Waals surface area (Å²) in [6.45, 7) is 1.91. The Labute approximate surface area is 155 Å². The number of nitrogens with one attached hydrogen (secondary N) is 1. The third kappa shape index (κ3) is 3.13. The van der Waals surface area contributed by atoms with E-state index in [0.29, 0.717) is 16.9 Å². The lowest BCUT2D eigenvalue weighted by Gasteiger charge is -2.21. The molecule has 1 saturated heterocycles. The molecule has 1 aliphatic rings. The number of carbonyl (C=O) groups is 1. The van der Waals surface area contributed by atoms with Crippen molar-refractivity contribution in [2.45, 2.75) is 19.3 Å². The van der Waals surface area contributed by atoms with Crippen LogP contribution in [0.4, 0.5) is 17.2 Å². The van der Waals surface area contributed by atoms with Crippen molar-refractivity contribution < 1.29 is 4.79 Å². The lowest BCUT2D eigenvalue weighted by atomic mass is 10.2. The van der Waals surface area contributed by atoms with E-state index in [9.17, 15) is 4.79 Å². The Morgan fingerprint density at radius 1 is 1.33 bits per heavy atom. The second-order valence-corrected chi connectivity index (χ2v) is 6.37. The first-order chi connectivity index (χ1) is 13.2. The molecule has 136 valence electrons. The number of hydrogen-bond donors (Lipinski definition) is 2. The van der Waals surface area contributed by atoms with Gasteiger partial charge >= 0.3 is 0 Å². The number of nitrogen functional groups attached to an aromatic ring is 1. The van der Waals surface area contributed by atoms with E-state index in [0.717, 1.165) is 31.6 Å². The predicted octanol–water partition coefficient (Wildman–Crippen LogP) is 1.63. The molecule has 1 aliphatic heterocycles. The van der Waals surface area contributed by atoms with Gasteiger partial charge in [0.05, 0.1) is 30.1 Å². The molecule has 3 aromatic heterocycles. The van der Waals surface area contributed by atoms with Crippen LogP contribution in [-0.2, 0) is 6.42 Å². The van der Waals surface area contributed by atoms with Gasteiger partial charge in [-0.2, -0.15) is 5.26 Å². The summed E-state index contributed by atoms with van der Waals surface area (Å²) in [6.07, 6.45) is 9.02. The van der Waals surface area contributed by atoms with Crippen LogP contribution in [0, 0.1) is 11.3 Å². The molecule has 0 radical (unpaired) electrons. The summed E-state index contributed by atoms with van der Waals surface area (Å²) in [6, 6.07) is 3.95. The number of carbonyl (C=O) groups excluding carboxylic acids is 1. The third-order valence-electron chi connectivity index (χ3n) is 4.56. The van der Waals surface area contributed by atoms with Gasteiger partial charge in [-0.25, -0.2) is 9.50 Å². The number of nitriles is 1. The molecule has 0 aliphatic carbocycles. The first kappa shape index (κ1) is 16.8. The monoisotopic (exact) mass is 362 g/mol. The van der Waals surface area contributed by atoms with Crippen molar-refractivity contribution in [3.8, 4) is 6.07 Å². The molecule has 0 spiro atoms. The van der Waals surface area contributed by atoms with E-state index in [1.54, 1.807) is 24.8 Å². The molecular weight excluding hydrogens is 344 g/mol. The van der Waals surface area contributed by atoms with E-state index in [1.807, 2.05) is 6.07 Å². The van der Waals surface area contributed by atoms with E-state index in [-0.39, 0.29) is 17.8 Å². The zero-order chi connectivity index (χ0) is 18.8. The summed E-state index contributed by atoms with van der Waals surface area (Å²) in [5.41, 5.74) is 8.78. The number of hydrogen-bond acceptors (Lipinski definition) is 7. The lowest BCUT2D eigenvalue weighted by molar-refractivity contribution is 0.102. The van der Waals surface area contributed by atoms with E-state index in [1.165, 1.54) is 4.52 Å². The van der Waals surface area contributed by atoms with Crippen molar-refractivity contribution in [1.29, 1.82) is 5.26 Å². The maximum absolute atomic E-state index is 12.9. The lowest BCUT2D eigenvalue weighted by Crippen LogP contribution is -2.21. The number of anilines is 3. The SMILES string of the molecule is N#CCc1cnc2c(C(=O)Nc3cnccc3N3CCCC3)c(N)nn2c1. The average molecular weight is 362 g/mol. The van der Waals surface area contributed by atoms with Crippen molar-refractivity contribution in [2.75, 3.05) is 29.0 Å². The highest BCUT2D eigenvalue weighted by atomic mass is 16.1. The Morgan fingerprint density at radius 3 is 2.93 bits per heavy atom. The molecule has 4 heterocycles. The molecule has 3 aromatic rings. The molecule has 1 amide bonds. The summed E-state index contributed by atoms with van der Waals surface area (Å²) >= 11 is 0. The Hall–Kier alpha value is -3.67. The van der Waals surface area contributed by atoms with Crippen LogP contribution in [0.5, 0.6) is 0 Å². The number of aromatic nitrogens is 4. The molecule has 0 unspecified atom stereocenters. The van der Waals surface area contributed by atoms with Gasteiger partial charge in [-0.1, -0.05) is 0 Å². The van der Waals surface area contributed by atoms with E-state index >= 15 is 0 Å². The molecule has 3 N–H and O–H groups in total. The molecule has 0 saturated carbocycles. The normalized spacial score (nSPS) is 13.7. The Balaban J connectivity index is 1.66. The molecule has 4 rings (SSSR count). The zero-order valence-corrected chi connectivity index (χ0v) is 14.6. The Bertz CT molecular complexity index is 1050. The predicted molar refractivity (Wildman–Crippen MR) is 100 cm³/mol.